The normalized spacial score (nSPS) is 12.5. The lowest BCUT2D eigenvalue weighted by Gasteiger charge is -2.22. The average molecular weight is 405 g/mol. The Bertz CT molecular complexity index is 1630. The lowest BCUT2D eigenvalue weighted by atomic mass is 9.82. The molecule has 3 heteroatoms. The minimum Gasteiger partial charge on any atom is -0.461 e. The van der Waals surface area contributed by atoms with Crippen molar-refractivity contribution in [1.29, 1.82) is 0 Å². The number of fused-ring (bicyclic) bond motifs is 5. The molecule has 0 radical (unpaired) electrons. The molecule has 0 bridgehead atoms. The molecule has 0 spiro atoms. The first-order chi connectivity index (χ1) is 14.9. The van der Waals surface area contributed by atoms with Gasteiger partial charge in [0, 0.05) is 34.0 Å². The third-order valence-electron chi connectivity index (χ3n) is 6.09. The fraction of sp³-hybridized carbons (Fsp3) is 0.179. The summed E-state index contributed by atoms with van der Waals surface area (Å²) in [5, 5.41) is 5.75. The number of aromatic nitrogens is 1. The molecule has 0 saturated heterocycles. The zero-order valence-corrected chi connectivity index (χ0v) is 18.1. The first-order valence-electron chi connectivity index (χ1n) is 10.6. The van der Waals surface area contributed by atoms with Crippen molar-refractivity contribution in [3.05, 3.63) is 78.2 Å². The van der Waals surface area contributed by atoms with Crippen LogP contribution in [0.2, 0.25) is 0 Å². The summed E-state index contributed by atoms with van der Waals surface area (Å²) in [7, 11) is 0. The fourth-order valence-electron chi connectivity index (χ4n) is 4.64. The monoisotopic (exact) mass is 405 g/mol. The minimum absolute atomic E-state index is 0.0136. The van der Waals surface area contributed by atoms with Gasteiger partial charge in [0.25, 0.3) is 0 Å². The summed E-state index contributed by atoms with van der Waals surface area (Å²) in [6.07, 6.45) is 1.88. The lowest BCUT2D eigenvalue weighted by Crippen LogP contribution is -2.12. The van der Waals surface area contributed by atoms with Crippen molar-refractivity contribution in [2.45, 2.75) is 33.1 Å². The van der Waals surface area contributed by atoms with Crippen LogP contribution in [0.4, 0.5) is 0 Å². The fourth-order valence-corrected chi connectivity index (χ4v) is 4.64. The highest BCUT2D eigenvalue weighted by Gasteiger charge is 2.21. The van der Waals surface area contributed by atoms with E-state index in [-0.39, 0.29) is 5.41 Å². The van der Waals surface area contributed by atoms with Gasteiger partial charge < -0.3 is 8.83 Å². The van der Waals surface area contributed by atoms with Gasteiger partial charge in [-0.3, -0.25) is 4.98 Å². The molecule has 0 aliphatic heterocycles. The Morgan fingerprint density at radius 3 is 2.42 bits per heavy atom. The third kappa shape index (κ3) is 2.77. The predicted molar refractivity (Wildman–Crippen MR) is 128 cm³/mol. The zero-order chi connectivity index (χ0) is 21.3. The van der Waals surface area contributed by atoms with E-state index in [4.69, 9.17) is 13.8 Å². The first-order valence-corrected chi connectivity index (χ1v) is 10.6. The molecule has 0 atom stereocenters. The largest absolute Gasteiger partial charge is 0.461 e. The molecule has 6 rings (SSSR count). The summed E-state index contributed by atoms with van der Waals surface area (Å²) in [6, 6.07) is 21.3. The molecular formula is C28H23NO2. The first kappa shape index (κ1) is 18.2. The van der Waals surface area contributed by atoms with Crippen LogP contribution >= 0.6 is 0 Å². The van der Waals surface area contributed by atoms with E-state index >= 15 is 0 Å². The topological polar surface area (TPSA) is 39.2 Å². The summed E-state index contributed by atoms with van der Waals surface area (Å²) in [4.78, 5) is 4.76. The standard InChI is InChI=1S/C28H23NO2/c1-16-11-18-13-22-21-9-10-29-26(27(21)31-25(22)15-24(18)30-16)19-12-17-7-5-6-8-20(17)23(14-19)28(2,3)4/h5-15H,1-4H3. The molecule has 0 aliphatic rings. The maximum Gasteiger partial charge on any atom is 0.161 e. The van der Waals surface area contributed by atoms with Gasteiger partial charge in [-0.1, -0.05) is 45.0 Å². The van der Waals surface area contributed by atoms with Gasteiger partial charge in [-0.05, 0) is 59.0 Å². The Morgan fingerprint density at radius 2 is 1.58 bits per heavy atom. The highest BCUT2D eigenvalue weighted by Crippen LogP contribution is 2.39. The summed E-state index contributed by atoms with van der Waals surface area (Å²) in [5.41, 5.74) is 5.76. The van der Waals surface area contributed by atoms with E-state index in [0.29, 0.717) is 0 Å². The molecule has 3 nitrogen and oxygen atoms in total. The Labute approximate surface area is 180 Å². The van der Waals surface area contributed by atoms with Crippen LogP contribution in [0.3, 0.4) is 0 Å². The molecule has 31 heavy (non-hydrogen) atoms. The average Bonchev–Trinajstić information content (AvgIpc) is 3.28. The number of furan rings is 2. The lowest BCUT2D eigenvalue weighted by molar-refractivity contribution is 0.577. The van der Waals surface area contributed by atoms with E-state index in [0.717, 1.165) is 49.9 Å². The van der Waals surface area contributed by atoms with Gasteiger partial charge in [-0.2, -0.15) is 0 Å². The molecule has 0 saturated carbocycles. The van der Waals surface area contributed by atoms with Crippen LogP contribution in [0.15, 0.2) is 75.7 Å². The maximum absolute atomic E-state index is 6.37. The number of benzene rings is 3. The van der Waals surface area contributed by atoms with Crippen LogP contribution in [0.1, 0.15) is 32.1 Å². The van der Waals surface area contributed by atoms with E-state index in [2.05, 4.69) is 69.3 Å². The number of nitrogens with zero attached hydrogens (tertiary/aromatic N) is 1. The molecule has 0 N–H and O–H groups in total. The maximum atomic E-state index is 6.37. The van der Waals surface area contributed by atoms with E-state index in [1.165, 1.54) is 16.3 Å². The van der Waals surface area contributed by atoms with Crippen LogP contribution in [0, 0.1) is 6.92 Å². The highest BCUT2D eigenvalue weighted by molar-refractivity contribution is 6.12. The van der Waals surface area contributed by atoms with Crippen molar-refractivity contribution in [2.24, 2.45) is 0 Å². The second-order valence-electron chi connectivity index (χ2n) is 9.38. The van der Waals surface area contributed by atoms with Crippen molar-refractivity contribution >= 4 is 43.7 Å². The van der Waals surface area contributed by atoms with E-state index in [1.807, 2.05) is 25.3 Å². The Balaban J connectivity index is 1.67. The van der Waals surface area contributed by atoms with Crippen LogP contribution in [0.5, 0.6) is 0 Å². The third-order valence-corrected chi connectivity index (χ3v) is 6.09. The molecule has 3 heterocycles. The van der Waals surface area contributed by atoms with Crippen LogP contribution < -0.4 is 0 Å². The Hall–Kier alpha value is -3.59. The van der Waals surface area contributed by atoms with Gasteiger partial charge >= 0.3 is 0 Å². The van der Waals surface area contributed by atoms with E-state index in [9.17, 15) is 0 Å². The molecule has 0 aliphatic carbocycles. The van der Waals surface area contributed by atoms with E-state index < -0.39 is 0 Å². The molecule has 152 valence electrons. The number of rotatable bonds is 1. The van der Waals surface area contributed by atoms with Crippen molar-refractivity contribution in [2.75, 3.05) is 0 Å². The smallest absolute Gasteiger partial charge is 0.161 e. The van der Waals surface area contributed by atoms with Gasteiger partial charge in [0.2, 0.25) is 0 Å². The molecule has 3 aromatic carbocycles. The minimum atomic E-state index is 0.0136. The number of aryl methyl sites for hydroxylation is 1. The number of pyridine rings is 1. The highest BCUT2D eigenvalue weighted by atomic mass is 16.3. The Kier molecular flexibility index (Phi) is 3.64. The molecule has 0 fully saturated rings. The van der Waals surface area contributed by atoms with Crippen molar-refractivity contribution in [3.63, 3.8) is 0 Å². The molecule has 3 aromatic heterocycles. The van der Waals surface area contributed by atoms with Crippen LogP contribution in [0.25, 0.3) is 54.9 Å². The summed E-state index contributed by atoms with van der Waals surface area (Å²) in [6.45, 7) is 8.73. The number of hydrogen-bond acceptors (Lipinski definition) is 3. The second-order valence-corrected chi connectivity index (χ2v) is 9.38. The molecule has 0 amide bonds. The number of hydrogen-bond donors (Lipinski definition) is 0. The van der Waals surface area contributed by atoms with Crippen molar-refractivity contribution < 1.29 is 8.83 Å². The Morgan fingerprint density at radius 1 is 0.742 bits per heavy atom. The summed E-state index contributed by atoms with van der Waals surface area (Å²) < 4.78 is 12.2. The second kappa shape index (κ2) is 6.21. The van der Waals surface area contributed by atoms with Crippen LogP contribution in [-0.2, 0) is 5.41 Å². The summed E-state index contributed by atoms with van der Waals surface area (Å²) in [5.74, 6) is 0.903. The SMILES string of the molecule is Cc1cc2cc3c(cc2o1)oc1c(-c2cc(C(C)(C)C)c4ccccc4c2)nccc13. The molecule has 6 aromatic rings. The van der Waals surface area contributed by atoms with Gasteiger partial charge in [0.15, 0.2) is 5.58 Å². The van der Waals surface area contributed by atoms with Crippen molar-refractivity contribution in [3.8, 4) is 11.3 Å². The van der Waals surface area contributed by atoms with Gasteiger partial charge in [-0.15, -0.1) is 0 Å². The summed E-state index contributed by atoms with van der Waals surface area (Å²) >= 11 is 0. The predicted octanol–water partition coefficient (Wildman–Crippen LogP) is 8.15. The molecule has 0 unspecified atom stereocenters. The van der Waals surface area contributed by atoms with Crippen molar-refractivity contribution in [1.82, 2.24) is 4.98 Å². The van der Waals surface area contributed by atoms with Gasteiger partial charge in [-0.25, -0.2) is 0 Å². The quantitative estimate of drug-likeness (QED) is 0.277. The molecular weight excluding hydrogens is 382 g/mol. The zero-order valence-electron chi connectivity index (χ0n) is 18.1. The van der Waals surface area contributed by atoms with Gasteiger partial charge in [0.05, 0.1) is 0 Å². The van der Waals surface area contributed by atoms with Gasteiger partial charge in [0.1, 0.15) is 22.6 Å². The van der Waals surface area contributed by atoms with Crippen LogP contribution in [-0.4, -0.2) is 4.98 Å². The van der Waals surface area contributed by atoms with E-state index in [1.54, 1.807) is 0 Å².